The van der Waals surface area contributed by atoms with E-state index in [-0.39, 0.29) is 24.4 Å². The van der Waals surface area contributed by atoms with E-state index in [1.807, 2.05) is 0 Å². The first kappa shape index (κ1) is 27.7. The Hall–Kier alpha value is -2.53. The Morgan fingerprint density at radius 3 is 2.00 bits per heavy atom. The number of halogens is 8. The van der Waals surface area contributed by atoms with E-state index in [9.17, 15) is 35.5 Å². The van der Waals surface area contributed by atoms with Crippen LogP contribution in [0.3, 0.4) is 0 Å². The summed E-state index contributed by atoms with van der Waals surface area (Å²) in [4.78, 5) is 15.1. The second-order valence-corrected chi connectivity index (χ2v) is 8.05. The minimum absolute atomic E-state index is 0. The second kappa shape index (κ2) is 9.99. The molecule has 0 aromatic heterocycles. The second-order valence-electron chi connectivity index (χ2n) is 8.05. The predicted molar refractivity (Wildman–Crippen MR) is 116 cm³/mol. The fourth-order valence-corrected chi connectivity index (χ4v) is 4.07. The molecule has 2 aromatic carbocycles. The van der Waals surface area contributed by atoms with Crippen molar-refractivity contribution in [3.63, 3.8) is 0 Å². The number of carbonyl (C=O) groups is 1. The summed E-state index contributed by atoms with van der Waals surface area (Å²) in [5, 5.41) is 3.13. The number of benzene rings is 2. The van der Waals surface area contributed by atoms with Crippen molar-refractivity contribution in [3.05, 3.63) is 64.5 Å². The Morgan fingerprint density at radius 2 is 1.50 bits per heavy atom. The number of alkyl halides is 6. The number of aryl methyl sites for hydroxylation is 1. The summed E-state index contributed by atoms with van der Waals surface area (Å²) in [6.07, 6.45) is -10.0. The van der Waals surface area contributed by atoms with Gasteiger partial charge in [0.1, 0.15) is 5.82 Å². The van der Waals surface area contributed by atoms with Crippen molar-refractivity contribution in [2.24, 2.45) is 0 Å². The average molecular weight is 514 g/mol. The standard InChI is InChI=1S/C22H22F7N3O.ClH/c1-12-6-15(23)4-5-17(12)18-10-30-11-19(18)32(3)20(33)31(2)16-8-13(21(24,25)26)7-14(9-16)22(27,28)29;/h4-9,18-19,30H,10-11H2,1-3H3;1H/t18-,19+;/m0./s1. The van der Waals surface area contributed by atoms with Crippen LogP contribution in [-0.2, 0) is 12.4 Å². The maximum atomic E-state index is 13.5. The number of amides is 2. The minimum Gasteiger partial charge on any atom is -0.322 e. The van der Waals surface area contributed by atoms with Crippen molar-refractivity contribution in [1.82, 2.24) is 10.2 Å². The van der Waals surface area contributed by atoms with E-state index in [2.05, 4.69) is 5.32 Å². The lowest BCUT2D eigenvalue weighted by Crippen LogP contribution is -2.47. The zero-order chi connectivity index (χ0) is 24.7. The number of hydrogen-bond acceptors (Lipinski definition) is 2. The normalized spacial score (nSPS) is 18.4. The molecule has 34 heavy (non-hydrogen) atoms. The molecule has 0 unspecified atom stereocenters. The molecule has 0 bridgehead atoms. The maximum Gasteiger partial charge on any atom is 0.416 e. The van der Waals surface area contributed by atoms with Crippen LogP contribution in [0, 0.1) is 12.7 Å². The highest BCUT2D eigenvalue weighted by Crippen LogP contribution is 2.38. The first-order valence-electron chi connectivity index (χ1n) is 9.97. The van der Waals surface area contributed by atoms with Crippen molar-refractivity contribution >= 4 is 24.1 Å². The highest BCUT2D eigenvalue weighted by atomic mass is 35.5. The van der Waals surface area contributed by atoms with Gasteiger partial charge in [0.2, 0.25) is 0 Å². The molecule has 4 nitrogen and oxygen atoms in total. The van der Waals surface area contributed by atoms with Crippen molar-refractivity contribution < 1.29 is 35.5 Å². The zero-order valence-corrected chi connectivity index (χ0v) is 19.2. The summed E-state index contributed by atoms with van der Waals surface area (Å²) in [7, 11) is 2.55. The van der Waals surface area contributed by atoms with Gasteiger partial charge in [0, 0.05) is 38.8 Å². The third kappa shape index (κ3) is 5.75. The van der Waals surface area contributed by atoms with Crippen LogP contribution in [0.15, 0.2) is 36.4 Å². The summed E-state index contributed by atoms with van der Waals surface area (Å²) < 4.78 is 92.7. The Kier molecular flexibility index (Phi) is 8.14. The molecule has 0 aliphatic carbocycles. The molecule has 1 aliphatic heterocycles. The number of anilines is 1. The molecule has 0 saturated carbocycles. The van der Waals surface area contributed by atoms with Gasteiger partial charge in [-0.3, -0.25) is 4.90 Å². The van der Waals surface area contributed by atoms with Gasteiger partial charge in [0.05, 0.1) is 17.2 Å². The van der Waals surface area contributed by atoms with Crippen molar-refractivity contribution in [3.8, 4) is 0 Å². The summed E-state index contributed by atoms with van der Waals surface area (Å²) in [5.41, 5.74) is -2.06. The molecule has 1 saturated heterocycles. The number of likely N-dealkylation sites (N-methyl/N-ethyl adjacent to an activating group) is 1. The average Bonchev–Trinajstić information content (AvgIpc) is 3.20. The molecule has 2 aromatic rings. The quantitative estimate of drug-likeness (QED) is 0.524. The number of urea groups is 1. The van der Waals surface area contributed by atoms with E-state index in [0.29, 0.717) is 30.8 Å². The SMILES string of the molecule is Cc1cc(F)ccc1[C@@H]1CNC[C@H]1N(C)C(=O)N(C)c1cc(C(F)(F)F)cc(C(F)(F)F)c1.Cl. The van der Waals surface area contributed by atoms with E-state index in [1.165, 1.54) is 24.1 Å². The van der Waals surface area contributed by atoms with Gasteiger partial charge >= 0.3 is 18.4 Å². The number of carbonyl (C=O) groups excluding carboxylic acids is 1. The fraction of sp³-hybridized carbons (Fsp3) is 0.409. The maximum absolute atomic E-state index is 13.5. The zero-order valence-electron chi connectivity index (χ0n) is 18.4. The molecule has 1 fully saturated rings. The summed E-state index contributed by atoms with van der Waals surface area (Å²) >= 11 is 0. The number of rotatable bonds is 3. The fourth-order valence-electron chi connectivity index (χ4n) is 4.07. The van der Waals surface area contributed by atoms with Crippen molar-refractivity contribution in [1.29, 1.82) is 0 Å². The number of nitrogens with zero attached hydrogens (tertiary/aromatic N) is 2. The Morgan fingerprint density at radius 1 is 0.941 bits per heavy atom. The van der Waals surface area contributed by atoms with Crippen LogP contribution in [-0.4, -0.2) is 44.2 Å². The molecule has 1 heterocycles. The van der Waals surface area contributed by atoms with Crippen LogP contribution < -0.4 is 10.2 Å². The lowest BCUT2D eigenvalue weighted by atomic mass is 9.90. The molecule has 2 amide bonds. The third-order valence-electron chi connectivity index (χ3n) is 5.86. The van der Waals surface area contributed by atoms with Gasteiger partial charge in [-0.15, -0.1) is 12.4 Å². The minimum atomic E-state index is -5.02. The van der Waals surface area contributed by atoms with Crippen LogP contribution in [0.5, 0.6) is 0 Å². The molecule has 0 radical (unpaired) electrons. The number of hydrogen-bond donors (Lipinski definition) is 1. The molecule has 1 aliphatic rings. The van der Waals surface area contributed by atoms with Crippen LogP contribution in [0.2, 0.25) is 0 Å². The van der Waals surface area contributed by atoms with Crippen molar-refractivity contribution in [2.75, 3.05) is 32.1 Å². The monoisotopic (exact) mass is 513 g/mol. The molecule has 2 atom stereocenters. The number of nitrogens with one attached hydrogen (secondary N) is 1. The Balaban J connectivity index is 0.00000408. The van der Waals surface area contributed by atoms with Gasteiger partial charge in [-0.05, 0) is 48.4 Å². The van der Waals surface area contributed by atoms with Gasteiger partial charge in [0.15, 0.2) is 0 Å². The first-order chi connectivity index (χ1) is 15.2. The van der Waals surface area contributed by atoms with Crippen molar-refractivity contribution in [2.45, 2.75) is 31.2 Å². The Labute approximate surface area is 198 Å². The van der Waals surface area contributed by atoms with E-state index in [1.54, 1.807) is 13.0 Å². The molecule has 1 N–H and O–H groups in total. The molecule has 12 heteroatoms. The van der Waals surface area contributed by atoms with Crippen LogP contribution in [0.4, 0.5) is 41.2 Å². The van der Waals surface area contributed by atoms with E-state index in [4.69, 9.17) is 0 Å². The lowest BCUT2D eigenvalue weighted by Gasteiger charge is -2.33. The molecule has 0 spiro atoms. The highest BCUT2D eigenvalue weighted by Gasteiger charge is 2.39. The molecule has 3 rings (SSSR count). The van der Waals surface area contributed by atoms with E-state index < -0.39 is 47.1 Å². The van der Waals surface area contributed by atoms with Gasteiger partial charge in [0.25, 0.3) is 0 Å². The first-order valence-corrected chi connectivity index (χ1v) is 9.97. The van der Waals surface area contributed by atoms with Gasteiger partial charge < -0.3 is 10.2 Å². The Bertz CT molecular complexity index is 1010. The predicted octanol–water partition coefficient (Wildman–Crippen LogP) is 5.84. The van der Waals surface area contributed by atoms with E-state index >= 15 is 0 Å². The lowest BCUT2D eigenvalue weighted by molar-refractivity contribution is -0.143. The molecular weight excluding hydrogens is 491 g/mol. The summed E-state index contributed by atoms with van der Waals surface area (Å²) in [5.74, 6) is -0.645. The highest BCUT2D eigenvalue weighted by molar-refractivity contribution is 5.92. The van der Waals surface area contributed by atoms with Crippen LogP contribution in [0.1, 0.15) is 28.2 Å². The van der Waals surface area contributed by atoms with Gasteiger partial charge in [-0.1, -0.05) is 6.07 Å². The summed E-state index contributed by atoms with van der Waals surface area (Å²) in [6.45, 7) is 2.55. The summed E-state index contributed by atoms with van der Waals surface area (Å²) in [6, 6.07) is 4.08. The molecular formula is C22H23ClF7N3O. The van der Waals surface area contributed by atoms with Crippen LogP contribution in [0.25, 0.3) is 0 Å². The largest absolute Gasteiger partial charge is 0.416 e. The smallest absolute Gasteiger partial charge is 0.322 e. The molecule has 188 valence electrons. The topological polar surface area (TPSA) is 35.6 Å². The van der Waals surface area contributed by atoms with Gasteiger partial charge in [-0.2, -0.15) is 26.3 Å². The van der Waals surface area contributed by atoms with Crippen LogP contribution >= 0.6 is 12.4 Å². The van der Waals surface area contributed by atoms with Gasteiger partial charge in [-0.25, -0.2) is 9.18 Å². The van der Waals surface area contributed by atoms with E-state index in [0.717, 1.165) is 17.5 Å². The third-order valence-corrected chi connectivity index (χ3v) is 5.86.